The maximum absolute atomic E-state index is 13.1. The molecule has 1 heterocycles. The van der Waals surface area contributed by atoms with Gasteiger partial charge in [-0.3, -0.25) is 4.79 Å². The zero-order chi connectivity index (χ0) is 28.9. The summed E-state index contributed by atoms with van der Waals surface area (Å²) in [6, 6.07) is 19.5. The fourth-order valence-electron chi connectivity index (χ4n) is 3.71. The smallest absolute Gasteiger partial charge is 0.245 e. The number of pyridine rings is 1. The van der Waals surface area contributed by atoms with Crippen molar-refractivity contribution in [2.24, 2.45) is 16.5 Å². The number of benzene rings is 3. The van der Waals surface area contributed by atoms with E-state index in [9.17, 15) is 17.6 Å². The van der Waals surface area contributed by atoms with Crippen LogP contribution >= 0.6 is 0 Å². The highest BCUT2D eigenvalue weighted by atomic mass is 32.2. The summed E-state index contributed by atoms with van der Waals surface area (Å²) in [7, 11) is -1.97. The highest BCUT2D eigenvalue weighted by Gasteiger charge is 2.16. The first-order valence-corrected chi connectivity index (χ1v) is 13.8. The van der Waals surface area contributed by atoms with E-state index in [0.717, 1.165) is 17.4 Å². The molecular formula is C28H27FN6O4S. The predicted octanol–water partition coefficient (Wildman–Crippen LogP) is 4.00. The quantitative estimate of drug-likeness (QED) is 0.185. The van der Waals surface area contributed by atoms with Crippen molar-refractivity contribution < 1.29 is 22.3 Å². The monoisotopic (exact) mass is 562 g/mol. The number of sulfone groups is 1. The van der Waals surface area contributed by atoms with Gasteiger partial charge in [-0.15, -0.1) is 0 Å². The summed E-state index contributed by atoms with van der Waals surface area (Å²) in [6.07, 6.45) is 2.74. The zero-order valence-electron chi connectivity index (χ0n) is 21.6. The largest absolute Gasteiger partial charge is 0.495 e. The molecule has 0 saturated carbocycles. The van der Waals surface area contributed by atoms with Gasteiger partial charge < -0.3 is 26.8 Å². The minimum absolute atomic E-state index is 0.0320. The highest BCUT2D eigenvalue weighted by molar-refractivity contribution is 7.90. The normalized spacial score (nSPS) is 12.4. The number of halogens is 1. The maximum Gasteiger partial charge on any atom is 0.245 e. The van der Waals surface area contributed by atoms with Gasteiger partial charge in [0.15, 0.2) is 21.6 Å². The zero-order valence-corrected chi connectivity index (χ0v) is 22.4. The van der Waals surface area contributed by atoms with Crippen LogP contribution in [-0.2, 0) is 14.6 Å². The molecular weight excluding hydrogens is 535 g/mol. The number of guanidine groups is 1. The Bertz CT molecular complexity index is 1640. The number of nitrogens with two attached hydrogens (primary N) is 2. The Morgan fingerprint density at radius 2 is 1.65 bits per heavy atom. The maximum atomic E-state index is 13.1. The SMILES string of the molecule is COc1cc(S(C)(=O)=O)ccc1NC(N)=Nc1ccc(-c2ccc(NC(=O)C(N)c3ccc(F)cc3)cc2)cn1. The van der Waals surface area contributed by atoms with Crippen LogP contribution in [0.2, 0.25) is 0 Å². The van der Waals surface area contributed by atoms with Crippen molar-refractivity contribution in [2.75, 3.05) is 24.0 Å². The molecule has 0 bridgehead atoms. The minimum Gasteiger partial charge on any atom is -0.495 e. The Kier molecular flexibility index (Phi) is 8.41. The number of nitrogens with zero attached hydrogens (tertiary/aromatic N) is 2. The summed E-state index contributed by atoms with van der Waals surface area (Å²) < 4.78 is 42.0. The van der Waals surface area contributed by atoms with Crippen LogP contribution in [-0.4, -0.2) is 38.6 Å². The lowest BCUT2D eigenvalue weighted by molar-refractivity contribution is -0.117. The molecule has 1 aromatic heterocycles. The van der Waals surface area contributed by atoms with E-state index >= 15 is 0 Å². The van der Waals surface area contributed by atoms with Crippen LogP contribution in [0, 0.1) is 5.82 Å². The molecule has 12 heteroatoms. The van der Waals surface area contributed by atoms with Crippen LogP contribution in [0.25, 0.3) is 11.1 Å². The van der Waals surface area contributed by atoms with Crippen molar-refractivity contribution in [3.8, 4) is 16.9 Å². The molecule has 1 unspecified atom stereocenters. The lowest BCUT2D eigenvalue weighted by Gasteiger charge is -2.13. The second kappa shape index (κ2) is 11.9. The van der Waals surface area contributed by atoms with Crippen molar-refractivity contribution in [3.63, 3.8) is 0 Å². The Hall–Kier alpha value is -4.81. The van der Waals surface area contributed by atoms with Crippen LogP contribution in [0.3, 0.4) is 0 Å². The molecule has 4 rings (SSSR count). The van der Waals surface area contributed by atoms with Crippen LogP contribution in [0.1, 0.15) is 11.6 Å². The standard InChI is InChI=1S/C28H27FN6O4S/c1-39-24-15-22(40(2,37)38)12-13-23(24)34-28(31)35-25-14-7-19(16-32-25)17-5-10-21(11-6-17)33-27(36)26(30)18-3-8-20(29)9-4-18/h3-16,26H,30H2,1-2H3,(H,33,36)(H3,31,32,34,35). The Labute approximate surface area is 230 Å². The van der Waals surface area contributed by atoms with Crippen molar-refractivity contribution in [1.82, 2.24) is 4.98 Å². The Morgan fingerprint density at radius 3 is 2.25 bits per heavy atom. The van der Waals surface area contributed by atoms with Crippen molar-refractivity contribution in [3.05, 3.63) is 96.4 Å². The van der Waals surface area contributed by atoms with Gasteiger partial charge in [-0.1, -0.05) is 24.3 Å². The van der Waals surface area contributed by atoms with Gasteiger partial charge in [0.05, 0.1) is 17.7 Å². The van der Waals surface area contributed by atoms with Gasteiger partial charge in [0, 0.05) is 29.8 Å². The summed E-state index contributed by atoms with van der Waals surface area (Å²) in [5.74, 6) is -0.149. The Morgan fingerprint density at radius 1 is 0.975 bits per heavy atom. The van der Waals surface area contributed by atoms with Crippen molar-refractivity contribution >= 4 is 38.9 Å². The molecule has 4 aromatic rings. The average molecular weight is 563 g/mol. The first kappa shape index (κ1) is 28.2. The van der Waals surface area contributed by atoms with E-state index in [2.05, 4.69) is 20.6 Å². The second-order valence-electron chi connectivity index (χ2n) is 8.76. The van der Waals surface area contributed by atoms with Crippen LogP contribution < -0.4 is 26.8 Å². The molecule has 1 atom stereocenters. The molecule has 0 saturated heterocycles. The number of rotatable bonds is 8. The number of carbonyl (C=O) groups is 1. The molecule has 0 aliphatic carbocycles. The van der Waals surface area contributed by atoms with E-state index in [-0.39, 0.29) is 10.9 Å². The molecule has 40 heavy (non-hydrogen) atoms. The fraction of sp³-hybridized carbons (Fsp3) is 0.107. The van der Waals surface area contributed by atoms with E-state index < -0.39 is 27.6 Å². The summed E-state index contributed by atoms with van der Waals surface area (Å²) >= 11 is 0. The third-order valence-electron chi connectivity index (χ3n) is 5.84. The molecule has 206 valence electrons. The van der Waals surface area contributed by atoms with E-state index in [1.165, 1.54) is 49.6 Å². The van der Waals surface area contributed by atoms with Crippen LogP contribution in [0.15, 0.2) is 94.9 Å². The molecule has 0 radical (unpaired) electrons. The fourth-order valence-corrected chi connectivity index (χ4v) is 4.34. The first-order chi connectivity index (χ1) is 19.0. The summed E-state index contributed by atoms with van der Waals surface area (Å²) in [5, 5.41) is 5.64. The first-order valence-electron chi connectivity index (χ1n) is 11.9. The van der Waals surface area contributed by atoms with E-state index in [0.29, 0.717) is 28.5 Å². The number of nitrogens with one attached hydrogen (secondary N) is 2. The van der Waals surface area contributed by atoms with E-state index in [4.69, 9.17) is 16.2 Å². The van der Waals surface area contributed by atoms with E-state index in [1.807, 2.05) is 18.2 Å². The number of hydrogen-bond donors (Lipinski definition) is 4. The molecule has 6 N–H and O–H groups in total. The molecule has 0 aliphatic heterocycles. The molecule has 10 nitrogen and oxygen atoms in total. The number of carbonyl (C=O) groups excluding carboxylic acids is 1. The minimum atomic E-state index is -3.39. The third kappa shape index (κ3) is 6.98. The number of aromatic nitrogens is 1. The predicted molar refractivity (Wildman–Crippen MR) is 153 cm³/mol. The topological polar surface area (TPSA) is 162 Å². The second-order valence-corrected chi connectivity index (χ2v) is 10.8. The molecule has 0 spiro atoms. The van der Waals surface area contributed by atoms with Crippen LogP contribution in [0.5, 0.6) is 5.75 Å². The molecule has 1 amide bonds. The van der Waals surface area contributed by atoms with Gasteiger partial charge in [-0.25, -0.2) is 17.8 Å². The number of ether oxygens (including phenoxy) is 1. The van der Waals surface area contributed by atoms with Gasteiger partial charge in [0.1, 0.15) is 17.6 Å². The average Bonchev–Trinajstić information content (AvgIpc) is 2.93. The number of hydrogen-bond acceptors (Lipinski definition) is 7. The molecule has 0 fully saturated rings. The van der Waals surface area contributed by atoms with Crippen molar-refractivity contribution in [1.29, 1.82) is 0 Å². The van der Waals surface area contributed by atoms with Crippen molar-refractivity contribution in [2.45, 2.75) is 10.9 Å². The lowest BCUT2D eigenvalue weighted by atomic mass is 10.1. The van der Waals surface area contributed by atoms with Gasteiger partial charge in [0.2, 0.25) is 5.91 Å². The molecule has 0 aliphatic rings. The summed E-state index contributed by atoms with van der Waals surface area (Å²) in [4.78, 5) is 21.2. The Balaban J connectivity index is 1.40. The van der Waals surface area contributed by atoms with Gasteiger partial charge >= 0.3 is 0 Å². The number of aliphatic imine (C=N–C) groups is 1. The van der Waals surface area contributed by atoms with E-state index in [1.54, 1.807) is 24.4 Å². The number of anilines is 2. The van der Waals surface area contributed by atoms with Gasteiger partial charge in [0.25, 0.3) is 0 Å². The third-order valence-corrected chi connectivity index (χ3v) is 6.95. The number of methoxy groups -OCH3 is 1. The van der Waals surface area contributed by atoms with Crippen LogP contribution in [0.4, 0.5) is 21.6 Å². The lowest BCUT2D eigenvalue weighted by Crippen LogP contribution is -2.27. The molecule has 3 aromatic carbocycles. The number of amides is 1. The van der Waals surface area contributed by atoms with Gasteiger partial charge in [-0.05, 0) is 59.7 Å². The summed E-state index contributed by atoms with van der Waals surface area (Å²) in [5.41, 5.74) is 15.2. The van der Waals surface area contributed by atoms with Gasteiger partial charge in [-0.2, -0.15) is 4.99 Å². The highest BCUT2D eigenvalue weighted by Crippen LogP contribution is 2.28. The summed E-state index contributed by atoms with van der Waals surface area (Å²) in [6.45, 7) is 0.